The minimum atomic E-state index is -1.65. The summed E-state index contributed by atoms with van der Waals surface area (Å²) in [5, 5.41) is 11.8. The Bertz CT molecular complexity index is 2170. The molecule has 5 rings (SSSR count). The van der Waals surface area contributed by atoms with Crippen molar-refractivity contribution < 1.29 is 38.2 Å². The molecule has 332 valence electrons. The van der Waals surface area contributed by atoms with Crippen LogP contribution in [-0.4, -0.2) is 81.8 Å². The predicted molar refractivity (Wildman–Crippen MR) is 240 cm³/mol. The number of aromatic nitrogens is 1. The second kappa shape index (κ2) is 21.8. The maximum Gasteiger partial charge on any atom is 0.408 e. The average Bonchev–Trinajstić information content (AvgIpc) is 3.62. The summed E-state index contributed by atoms with van der Waals surface area (Å²) < 4.78 is 11.3. The molecule has 1 aromatic heterocycles. The minimum absolute atomic E-state index is 0.0148. The van der Waals surface area contributed by atoms with Gasteiger partial charge in [-0.25, -0.2) is 4.79 Å². The summed E-state index contributed by atoms with van der Waals surface area (Å²) >= 11 is 1.37. The summed E-state index contributed by atoms with van der Waals surface area (Å²) in [4.78, 5) is 85.8. The highest BCUT2D eigenvalue weighted by atomic mass is 32.2. The monoisotopic (exact) mass is 868 g/mol. The number of rotatable bonds is 19. The van der Waals surface area contributed by atoms with Gasteiger partial charge in [0.05, 0.1) is 6.42 Å². The van der Waals surface area contributed by atoms with Crippen LogP contribution in [0.15, 0.2) is 85.1 Å². The number of alkyl carbamates (subject to hydrolysis) is 1. The molecular weight excluding hydrogens is 809 g/mol. The Morgan fingerprint density at radius 2 is 1.44 bits per heavy atom. The molecule has 0 unspecified atom stereocenters. The van der Waals surface area contributed by atoms with Gasteiger partial charge >= 0.3 is 12.1 Å². The number of fused-ring (bicyclic) bond motifs is 1. The normalized spacial score (nSPS) is 15.6. The zero-order valence-electron chi connectivity index (χ0n) is 36.2. The van der Waals surface area contributed by atoms with E-state index in [9.17, 15) is 28.8 Å². The van der Waals surface area contributed by atoms with E-state index in [0.717, 1.165) is 52.4 Å². The summed E-state index contributed by atoms with van der Waals surface area (Å²) in [7, 11) is 0. The number of para-hydroxylation sites is 1. The number of amides is 5. The topological polar surface area (TPSA) is 211 Å². The fourth-order valence-electron chi connectivity index (χ4n) is 7.26. The van der Waals surface area contributed by atoms with E-state index < -0.39 is 71.4 Å². The number of nitrogens with one attached hydrogen (secondary N) is 5. The SMILES string of the molecule is Cc1ccc(CSC[C@H](NC(=O)[C@@](C)(Cc2c[nH]c3ccccc23)NC(=O)OC(C)(C)C)C(=O)N[C@@H](CC(=O)OC2CCCCC2)C(=O)N[C@@H](Cc2ccccc2)C(N)=O)cc1. The zero-order valence-corrected chi connectivity index (χ0v) is 37.0. The van der Waals surface area contributed by atoms with Crippen LogP contribution in [0.4, 0.5) is 4.79 Å². The second-order valence-electron chi connectivity index (χ2n) is 17.2. The highest BCUT2D eigenvalue weighted by molar-refractivity contribution is 7.98. The number of primary amides is 1. The lowest BCUT2D eigenvalue weighted by Gasteiger charge is -2.33. The molecule has 3 aromatic carbocycles. The van der Waals surface area contributed by atoms with E-state index in [4.69, 9.17) is 15.2 Å². The van der Waals surface area contributed by atoms with Gasteiger partial charge in [-0.15, -0.1) is 0 Å². The van der Waals surface area contributed by atoms with Crippen molar-refractivity contribution >= 4 is 58.4 Å². The van der Waals surface area contributed by atoms with Gasteiger partial charge in [-0.05, 0) is 83.1 Å². The number of carbonyl (C=O) groups is 6. The first-order chi connectivity index (χ1) is 29.5. The Kier molecular flexibility index (Phi) is 16.6. The van der Waals surface area contributed by atoms with Crippen molar-refractivity contribution in [1.82, 2.24) is 26.3 Å². The van der Waals surface area contributed by atoms with Crippen LogP contribution in [0.1, 0.15) is 88.5 Å². The van der Waals surface area contributed by atoms with Gasteiger partial charge in [0.15, 0.2) is 0 Å². The summed E-state index contributed by atoms with van der Waals surface area (Å²) in [5.74, 6) is -3.27. The van der Waals surface area contributed by atoms with Crippen LogP contribution in [0, 0.1) is 6.92 Å². The molecule has 1 saturated carbocycles. The maximum absolute atomic E-state index is 14.6. The Hall–Kier alpha value is -5.83. The molecule has 5 amide bonds. The van der Waals surface area contributed by atoms with Crippen LogP contribution in [0.3, 0.4) is 0 Å². The summed E-state index contributed by atoms with van der Waals surface area (Å²) in [6.07, 6.45) is 4.39. The van der Waals surface area contributed by atoms with Crippen LogP contribution in [0.2, 0.25) is 0 Å². The first-order valence-corrected chi connectivity index (χ1v) is 22.3. The number of carbonyl (C=O) groups excluding carboxylic acids is 6. The van der Waals surface area contributed by atoms with E-state index in [0.29, 0.717) is 18.6 Å². The predicted octanol–water partition coefficient (Wildman–Crippen LogP) is 5.68. The van der Waals surface area contributed by atoms with E-state index in [1.54, 1.807) is 58.2 Å². The fraction of sp³-hybridized carbons (Fsp3) is 0.447. The molecule has 0 spiro atoms. The molecule has 0 aliphatic heterocycles. The molecule has 1 aliphatic carbocycles. The van der Waals surface area contributed by atoms with Crippen LogP contribution in [0.25, 0.3) is 10.9 Å². The van der Waals surface area contributed by atoms with Crippen LogP contribution < -0.4 is 27.0 Å². The number of aromatic amines is 1. The van der Waals surface area contributed by atoms with E-state index in [2.05, 4.69) is 26.3 Å². The third-order valence-electron chi connectivity index (χ3n) is 10.6. The lowest BCUT2D eigenvalue weighted by Crippen LogP contribution is -2.63. The molecular formula is C47H60N6O8S. The minimum Gasteiger partial charge on any atom is -0.462 e. The largest absolute Gasteiger partial charge is 0.462 e. The maximum atomic E-state index is 14.6. The zero-order chi connectivity index (χ0) is 44.9. The van der Waals surface area contributed by atoms with Crippen molar-refractivity contribution in [2.75, 3.05) is 5.75 Å². The number of hydrogen-bond acceptors (Lipinski definition) is 9. The van der Waals surface area contributed by atoms with Crippen molar-refractivity contribution in [2.45, 2.75) is 127 Å². The second-order valence-corrected chi connectivity index (χ2v) is 18.2. The molecule has 1 fully saturated rings. The molecule has 4 atom stereocenters. The molecule has 1 heterocycles. The van der Waals surface area contributed by atoms with Gasteiger partial charge in [0.25, 0.3) is 0 Å². The molecule has 7 N–H and O–H groups in total. The number of ether oxygens (including phenoxy) is 2. The van der Waals surface area contributed by atoms with E-state index in [1.165, 1.54) is 11.8 Å². The number of benzene rings is 3. The Morgan fingerprint density at radius 3 is 2.11 bits per heavy atom. The van der Waals surface area contributed by atoms with Crippen molar-refractivity contribution in [3.63, 3.8) is 0 Å². The molecule has 62 heavy (non-hydrogen) atoms. The van der Waals surface area contributed by atoms with Gasteiger partial charge in [-0.3, -0.25) is 24.0 Å². The molecule has 0 saturated heterocycles. The summed E-state index contributed by atoms with van der Waals surface area (Å²) in [5.41, 5.74) is 7.58. The highest BCUT2D eigenvalue weighted by Gasteiger charge is 2.40. The van der Waals surface area contributed by atoms with Crippen molar-refractivity contribution in [1.29, 1.82) is 0 Å². The molecule has 14 nitrogen and oxygen atoms in total. The van der Waals surface area contributed by atoms with Crippen molar-refractivity contribution in [2.24, 2.45) is 5.73 Å². The number of nitrogens with two attached hydrogens (primary N) is 1. The van der Waals surface area contributed by atoms with Gasteiger partial charge in [-0.2, -0.15) is 11.8 Å². The molecule has 15 heteroatoms. The van der Waals surface area contributed by atoms with Crippen molar-refractivity contribution in [3.8, 4) is 0 Å². The first-order valence-electron chi connectivity index (χ1n) is 21.1. The molecule has 4 aromatic rings. The van der Waals surface area contributed by atoms with E-state index in [-0.39, 0.29) is 24.7 Å². The smallest absolute Gasteiger partial charge is 0.408 e. The highest BCUT2D eigenvalue weighted by Crippen LogP contribution is 2.25. The summed E-state index contributed by atoms with van der Waals surface area (Å²) in [6.45, 7) is 8.66. The third kappa shape index (κ3) is 14.4. The number of hydrogen-bond donors (Lipinski definition) is 6. The Labute approximate surface area is 367 Å². The molecule has 0 radical (unpaired) electrons. The molecule has 1 aliphatic rings. The number of thioether (sulfide) groups is 1. The van der Waals surface area contributed by atoms with Gasteiger partial charge in [-0.1, -0.05) is 84.8 Å². The lowest BCUT2D eigenvalue weighted by molar-refractivity contribution is -0.152. The van der Waals surface area contributed by atoms with Crippen LogP contribution >= 0.6 is 11.8 Å². The van der Waals surface area contributed by atoms with Crippen molar-refractivity contribution in [3.05, 3.63) is 107 Å². The van der Waals surface area contributed by atoms with E-state index in [1.807, 2.05) is 61.5 Å². The standard InChI is InChI=1S/C47H60N6O8S/c1-30-20-22-32(23-21-30)28-62-29-39(52-44(58)47(5,53-45(59)61-46(2,3)4)26-33-27-49-36-19-13-12-18-35(33)36)43(57)51-38(25-40(54)60-34-16-10-7-11-17-34)42(56)50-37(41(48)55)24-31-14-8-6-9-15-31/h6,8-9,12-15,18-23,27,34,37-39,49H,7,10-11,16-17,24-26,28-29H2,1-5H3,(H2,48,55)(H,50,56)(H,51,57)(H,52,58)(H,53,59)/t37-,38-,39-,47+/m0/s1. The first kappa shape index (κ1) is 47.2. The summed E-state index contributed by atoms with van der Waals surface area (Å²) in [6, 6.07) is 20.5. The average molecular weight is 869 g/mol. The van der Waals surface area contributed by atoms with Gasteiger partial charge < -0.3 is 41.5 Å². The van der Waals surface area contributed by atoms with Gasteiger partial charge in [0.1, 0.15) is 35.4 Å². The van der Waals surface area contributed by atoms with Gasteiger partial charge in [0.2, 0.25) is 23.6 Å². The van der Waals surface area contributed by atoms with Crippen LogP contribution in [-0.2, 0) is 52.0 Å². The van der Waals surface area contributed by atoms with Gasteiger partial charge in [0, 0.05) is 41.4 Å². The Morgan fingerprint density at radius 1 is 0.790 bits per heavy atom. The quantitative estimate of drug-likeness (QED) is 0.0639. The fourth-order valence-corrected chi connectivity index (χ4v) is 8.27. The van der Waals surface area contributed by atoms with Crippen LogP contribution in [0.5, 0.6) is 0 Å². The number of aryl methyl sites for hydroxylation is 1. The Balaban J connectivity index is 1.43. The lowest BCUT2D eigenvalue weighted by atomic mass is 9.91. The van der Waals surface area contributed by atoms with E-state index >= 15 is 0 Å². The molecule has 0 bridgehead atoms. The number of H-pyrrole nitrogens is 1. The third-order valence-corrected chi connectivity index (χ3v) is 11.7. The number of esters is 1.